The molecule has 0 fully saturated rings. The van der Waals surface area contributed by atoms with Gasteiger partial charge in [0.25, 0.3) is 0 Å². The second kappa shape index (κ2) is 8.59. The van der Waals surface area contributed by atoms with Crippen molar-refractivity contribution < 1.29 is 14.0 Å². The second-order valence-corrected chi connectivity index (χ2v) is 6.29. The molecule has 0 saturated carbocycles. The van der Waals surface area contributed by atoms with Gasteiger partial charge in [0.2, 0.25) is 11.8 Å². The standard InChI is InChI=1S/C18H18BrFN2O2/c1-13(23)22(12-14-2-6-16(20)7-3-14)11-10-18(24)21-17-8-4-15(19)5-9-17/h2-9H,10-12H2,1H3,(H,21,24). The van der Waals surface area contributed by atoms with Crippen molar-refractivity contribution >= 4 is 33.4 Å². The lowest BCUT2D eigenvalue weighted by atomic mass is 10.2. The van der Waals surface area contributed by atoms with Crippen molar-refractivity contribution in [1.29, 1.82) is 0 Å². The fourth-order valence-corrected chi connectivity index (χ4v) is 2.42. The molecule has 0 aliphatic rings. The Hall–Kier alpha value is -2.21. The zero-order chi connectivity index (χ0) is 17.5. The van der Waals surface area contributed by atoms with Crippen LogP contribution in [0.25, 0.3) is 0 Å². The van der Waals surface area contributed by atoms with Gasteiger partial charge in [0.1, 0.15) is 5.82 Å². The number of amides is 2. The zero-order valence-electron chi connectivity index (χ0n) is 13.3. The minimum atomic E-state index is -0.318. The molecule has 0 heterocycles. The molecule has 126 valence electrons. The number of nitrogens with one attached hydrogen (secondary N) is 1. The highest BCUT2D eigenvalue weighted by Crippen LogP contribution is 2.14. The lowest BCUT2D eigenvalue weighted by Gasteiger charge is -2.21. The first-order chi connectivity index (χ1) is 11.4. The largest absolute Gasteiger partial charge is 0.338 e. The van der Waals surface area contributed by atoms with Crippen LogP contribution >= 0.6 is 15.9 Å². The van der Waals surface area contributed by atoms with Gasteiger partial charge in [-0.2, -0.15) is 0 Å². The number of benzene rings is 2. The molecule has 2 aromatic carbocycles. The number of nitrogens with zero attached hydrogens (tertiary/aromatic N) is 1. The van der Waals surface area contributed by atoms with Gasteiger partial charge < -0.3 is 10.2 Å². The maximum absolute atomic E-state index is 12.9. The molecular weight excluding hydrogens is 375 g/mol. The molecular formula is C18H18BrFN2O2. The van der Waals surface area contributed by atoms with E-state index in [1.54, 1.807) is 29.2 Å². The number of hydrogen-bond acceptors (Lipinski definition) is 2. The number of carbonyl (C=O) groups excluding carboxylic acids is 2. The van der Waals surface area contributed by atoms with E-state index in [4.69, 9.17) is 0 Å². The third kappa shape index (κ3) is 5.77. The quantitative estimate of drug-likeness (QED) is 0.808. The Kier molecular flexibility index (Phi) is 6.49. The van der Waals surface area contributed by atoms with Gasteiger partial charge in [-0.15, -0.1) is 0 Å². The van der Waals surface area contributed by atoms with Gasteiger partial charge in [0.15, 0.2) is 0 Å². The molecule has 4 nitrogen and oxygen atoms in total. The highest BCUT2D eigenvalue weighted by Gasteiger charge is 2.12. The summed E-state index contributed by atoms with van der Waals surface area (Å²) in [5.74, 6) is -0.611. The van der Waals surface area contributed by atoms with Gasteiger partial charge >= 0.3 is 0 Å². The summed E-state index contributed by atoms with van der Waals surface area (Å²) in [6.07, 6.45) is 0.191. The average Bonchev–Trinajstić information content (AvgIpc) is 2.55. The summed E-state index contributed by atoms with van der Waals surface area (Å²) in [5, 5.41) is 2.79. The predicted octanol–water partition coefficient (Wildman–Crippen LogP) is 3.97. The number of halogens is 2. The van der Waals surface area contributed by atoms with Crippen LogP contribution in [-0.2, 0) is 16.1 Å². The van der Waals surface area contributed by atoms with Crippen LogP contribution in [0.1, 0.15) is 18.9 Å². The van der Waals surface area contributed by atoms with E-state index in [1.165, 1.54) is 19.1 Å². The lowest BCUT2D eigenvalue weighted by Crippen LogP contribution is -2.31. The Balaban J connectivity index is 1.88. The molecule has 0 spiro atoms. The molecule has 0 radical (unpaired) electrons. The van der Waals surface area contributed by atoms with Crippen LogP contribution in [0.4, 0.5) is 10.1 Å². The Morgan fingerprint density at radius 1 is 1.08 bits per heavy atom. The van der Waals surface area contributed by atoms with E-state index in [2.05, 4.69) is 21.2 Å². The van der Waals surface area contributed by atoms with Crippen LogP contribution in [0.2, 0.25) is 0 Å². The highest BCUT2D eigenvalue weighted by molar-refractivity contribution is 9.10. The molecule has 0 aliphatic heterocycles. The third-order valence-electron chi connectivity index (χ3n) is 3.47. The summed E-state index contributed by atoms with van der Waals surface area (Å²) < 4.78 is 13.9. The molecule has 2 amide bonds. The first-order valence-electron chi connectivity index (χ1n) is 7.49. The fourth-order valence-electron chi connectivity index (χ4n) is 2.15. The van der Waals surface area contributed by atoms with Crippen molar-refractivity contribution in [2.75, 3.05) is 11.9 Å². The lowest BCUT2D eigenvalue weighted by molar-refractivity contribution is -0.129. The van der Waals surface area contributed by atoms with Crippen LogP contribution < -0.4 is 5.32 Å². The van der Waals surface area contributed by atoms with E-state index in [1.807, 2.05) is 12.1 Å². The molecule has 2 rings (SSSR count). The van der Waals surface area contributed by atoms with Crippen molar-refractivity contribution in [3.05, 3.63) is 64.4 Å². The third-order valence-corrected chi connectivity index (χ3v) is 4.00. The summed E-state index contributed by atoms with van der Waals surface area (Å²) in [4.78, 5) is 25.3. The van der Waals surface area contributed by atoms with Gasteiger partial charge in [-0.25, -0.2) is 4.39 Å². The number of rotatable bonds is 6. The molecule has 0 aromatic heterocycles. The predicted molar refractivity (Wildman–Crippen MR) is 94.9 cm³/mol. The molecule has 0 saturated heterocycles. The summed E-state index contributed by atoms with van der Waals surface area (Å²) in [7, 11) is 0. The van der Waals surface area contributed by atoms with E-state index in [-0.39, 0.29) is 24.1 Å². The van der Waals surface area contributed by atoms with E-state index < -0.39 is 0 Å². The fraction of sp³-hybridized carbons (Fsp3) is 0.222. The zero-order valence-corrected chi connectivity index (χ0v) is 14.8. The smallest absolute Gasteiger partial charge is 0.226 e. The minimum Gasteiger partial charge on any atom is -0.338 e. The van der Waals surface area contributed by atoms with Crippen molar-refractivity contribution in [3.63, 3.8) is 0 Å². The molecule has 24 heavy (non-hydrogen) atoms. The number of hydrogen-bond donors (Lipinski definition) is 1. The molecule has 0 unspecified atom stereocenters. The summed E-state index contributed by atoms with van der Waals surface area (Å²) in [5.41, 5.74) is 1.52. The maximum Gasteiger partial charge on any atom is 0.226 e. The van der Waals surface area contributed by atoms with E-state index in [0.717, 1.165) is 10.0 Å². The maximum atomic E-state index is 12.9. The van der Waals surface area contributed by atoms with Crippen LogP contribution in [-0.4, -0.2) is 23.3 Å². The van der Waals surface area contributed by atoms with E-state index in [9.17, 15) is 14.0 Å². The molecule has 2 aromatic rings. The molecule has 1 N–H and O–H groups in total. The van der Waals surface area contributed by atoms with Gasteiger partial charge in [-0.3, -0.25) is 9.59 Å². The minimum absolute atomic E-state index is 0.129. The monoisotopic (exact) mass is 392 g/mol. The van der Waals surface area contributed by atoms with Crippen LogP contribution in [0, 0.1) is 5.82 Å². The topological polar surface area (TPSA) is 49.4 Å². The summed E-state index contributed by atoms with van der Waals surface area (Å²) >= 11 is 3.33. The summed E-state index contributed by atoms with van der Waals surface area (Å²) in [6, 6.07) is 13.2. The Labute approximate surface area is 148 Å². The van der Waals surface area contributed by atoms with E-state index >= 15 is 0 Å². The molecule has 0 aliphatic carbocycles. The Bertz CT molecular complexity index is 702. The van der Waals surface area contributed by atoms with Gasteiger partial charge in [-0.1, -0.05) is 28.1 Å². The SMILES string of the molecule is CC(=O)N(CCC(=O)Nc1ccc(Br)cc1)Cc1ccc(F)cc1. The summed E-state index contributed by atoms with van der Waals surface area (Å²) in [6.45, 7) is 2.10. The Morgan fingerprint density at radius 2 is 1.71 bits per heavy atom. The van der Waals surface area contributed by atoms with Crippen molar-refractivity contribution in [1.82, 2.24) is 4.90 Å². The van der Waals surface area contributed by atoms with Crippen molar-refractivity contribution in [3.8, 4) is 0 Å². The second-order valence-electron chi connectivity index (χ2n) is 5.37. The van der Waals surface area contributed by atoms with Crippen LogP contribution in [0.15, 0.2) is 53.0 Å². The first-order valence-corrected chi connectivity index (χ1v) is 8.29. The van der Waals surface area contributed by atoms with Crippen LogP contribution in [0.3, 0.4) is 0 Å². The van der Waals surface area contributed by atoms with Gasteiger partial charge in [0.05, 0.1) is 0 Å². The molecule has 6 heteroatoms. The first kappa shape index (κ1) is 18.1. The van der Waals surface area contributed by atoms with Gasteiger partial charge in [0, 0.05) is 36.6 Å². The normalized spacial score (nSPS) is 10.3. The number of carbonyl (C=O) groups is 2. The van der Waals surface area contributed by atoms with Crippen LogP contribution in [0.5, 0.6) is 0 Å². The van der Waals surface area contributed by atoms with Crippen molar-refractivity contribution in [2.45, 2.75) is 19.9 Å². The number of anilines is 1. The molecule has 0 bridgehead atoms. The Morgan fingerprint density at radius 3 is 2.29 bits per heavy atom. The average molecular weight is 393 g/mol. The van der Waals surface area contributed by atoms with Gasteiger partial charge in [-0.05, 0) is 42.0 Å². The van der Waals surface area contributed by atoms with Crippen molar-refractivity contribution in [2.24, 2.45) is 0 Å². The highest BCUT2D eigenvalue weighted by atomic mass is 79.9. The molecule has 0 atom stereocenters. The van der Waals surface area contributed by atoms with E-state index in [0.29, 0.717) is 18.8 Å².